The van der Waals surface area contributed by atoms with Gasteiger partial charge in [0, 0.05) is 16.6 Å². The Morgan fingerprint density at radius 1 is 1.20 bits per heavy atom. The van der Waals surface area contributed by atoms with Crippen LogP contribution in [0.25, 0.3) is 0 Å². The van der Waals surface area contributed by atoms with Gasteiger partial charge in [0.05, 0.1) is 25.9 Å². The Hall–Kier alpha value is -1.73. The van der Waals surface area contributed by atoms with E-state index in [1.54, 1.807) is 36.4 Å². The first kappa shape index (κ1) is 14.7. The topological polar surface area (TPSA) is 86.2 Å². The summed E-state index contributed by atoms with van der Waals surface area (Å²) in [5.41, 5.74) is 6.78. The molecule has 20 heavy (non-hydrogen) atoms. The fraction of sp³-hybridized carbons (Fsp3) is 0.0769. The van der Waals surface area contributed by atoms with Gasteiger partial charge in [0.2, 0.25) is 0 Å². The van der Waals surface area contributed by atoms with Crippen LogP contribution in [0.5, 0.6) is 0 Å². The van der Waals surface area contributed by atoms with E-state index in [2.05, 4.69) is 15.9 Å². The molecule has 1 atom stereocenters. The van der Waals surface area contributed by atoms with Crippen molar-refractivity contribution in [3.63, 3.8) is 0 Å². The molecule has 0 fully saturated rings. The molecule has 2 aromatic rings. The highest BCUT2D eigenvalue weighted by Gasteiger charge is 2.16. The lowest BCUT2D eigenvalue weighted by Gasteiger charge is -2.06. The van der Waals surface area contributed by atoms with E-state index in [9.17, 15) is 14.3 Å². The van der Waals surface area contributed by atoms with Crippen LogP contribution in [0.1, 0.15) is 5.56 Å². The summed E-state index contributed by atoms with van der Waals surface area (Å²) < 4.78 is 12.6. The SMILES string of the molecule is Nc1ccc(S(=O)Cc2cccc([N+](=O)[O-])c2Br)cc1. The lowest BCUT2D eigenvalue weighted by Crippen LogP contribution is -1.99. The Bertz CT molecular complexity index is 674. The number of hydrogen-bond donors (Lipinski definition) is 1. The molecule has 2 rings (SSSR count). The lowest BCUT2D eigenvalue weighted by molar-refractivity contribution is -0.385. The molecule has 0 saturated heterocycles. The molecule has 0 bridgehead atoms. The average molecular weight is 355 g/mol. The Balaban J connectivity index is 2.26. The standard InChI is InChI=1S/C13H11BrN2O3S/c14-13-9(2-1-3-12(13)16(17)18)8-20(19)11-6-4-10(15)5-7-11/h1-7H,8,15H2. The van der Waals surface area contributed by atoms with Crippen molar-refractivity contribution in [3.8, 4) is 0 Å². The van der Waals surface area contributed by atoms with Crippen LogP contribution >= 0.6 is 15.9 Å². The van der Waals surface area contributed by atoms with Crippen molar-refractivity contribution in [2.45, 2.75) is 10.6 Å². The Morgan fingerprint density at radius 3 is 2.45 bits per heavy atom. The molecule has 0 spiro atoms. The third kappa shape index (κ3) is 3.23. The smallest absolute Gasteiger partial charge is 0.283 e. The summed E-state index contributed by atoms with van der Waals surface area (Å²) in [4.78, 5) is 11.0. The molecule has 2 N–H and O–H groups in total. The van der Waals surface area contributed by atoms with Crippen molar-refractivity contribution >= 4 is 38.1 Å². The lowest BCUT2D eigenvalue weighted by atomic mass is 10.2. The van der Waals surface area contributed by atoms with Gasteiger partial charge < -0.3 is 5.73 Å². The molecule has 0 aliphatic heterocycles. The second kappa shape index (κ2) is 6.15. The zero-order chi connectivity index (χ0) is 14.7. The Morgan fingerprint density at radius 2 is 1.85 bits per heavy atom. The number of rotatable bonds is 4. The van der Waals surface area contributed by atoms with Gasteiger partial charge in [0.25, 0.3) is 5.69 Å². The predicted molar refractivity (Wildman–Crippen MR) is 81.8 cm³/mol. The van der Waals surface area contributed by atoms with Crippen LogP contribution in [0.15, 0.2) is 51.8 Å². The average Bonchev–Trinajstić information content (AvgIpc) is 2.41. The zero-order valence-electron chi connectivity index (χ0n) is 10.3. The first-order chi connectivity index (χ1) is 9.49. The van der Waals surface area contributed by atoms with Crippen LogP contribution in [0.2, 0.25) is 0 Å². The molecule has 7 heteroatoms. The van der Waals surface area contributed by atoms with E-state index in [-0.39, 0.29) is 11.4 Å². The number of nitrogen functional groups attached to an aromatic ring is 1. The van der Waals surface area contributed by atoms with Crippen molar-refractivity contribution in [1.29, 1.82) is 0 Å². The predicted octanol–water partition coefficient (Wildman–Crippen LogP) is 3.25. The van der Waals surface area contributed by atoms with Crippen LogP contribution in [0.4, 0.5) is 11.4 Å². The van der Waals surface area contributed by atoms with Crippen molar-refractivity contribution in [3.05, 3.63) is 62.6 Å². The first-order valence-electron chi connectivity index (χ1n) is 5.64. The largest absolute Gasteiger partial charge is 0.399 e. The molecule has 0 aliphatic carbocycles. The molecule has 5 nitrogen and oxygen atoms in total. The summed E-state index contributed by atoms with van der Waals surface area (Å²) in [5.74, 6) is 0.201. The van der Waals surface area contributed by atoms with Gasteiger partial charge in [-0.05, 0) is 45.8 Å². The summed E-state index contributed by atoms with van der Waals surface area (Å²) in [6, 6.07) is 11.4. The molecule has 0 saturated carbocycles. The van der Waals surface area contributed by atoms with E-state index in [0.29, 0.717) is 20.6 Å². The first-order valence-corrected chi connectivity index (χ1v) is 7.76. The monoisotopic (exact) mass is 354 g/mol. The maximum atomic E-state index is 12.2. The second-order valence-electron chi connectivity index (χ2n) is 4.07. The highest BCUT2D eigenvalue weighted by Crippen LogP contribution is 2.29. The summed E-state index contributed by atoms with van der Waals surface area (Å²) in [5, 5.41) is 10.9. The third-order valence-corrected chi connectivity index (χ3v) is 4.97. The number of halogens is 1. The van der Waals surface area contributed by atoms with Gasteiger partial charge in [0.1, 0.15) is 0 Å². The quantitative estimate of drug-likeness (QED) is 0.518. The molecule has 0 radical (unpaired) electrons. The van der Waals surface area contributed by atoms with Crippen molar-refractivity contribution in [1.82, 2.24) is 0 Å². The molecular weight excluding hydrogens is 344 g/mol. The molecule has 2 aromatic carbocycles. The molecule has 1 unspecified atom stereocenters. The summed E-state index contributed by atoms with van der Waals surface area (Å²) in [6.45, 7) is 0. The minimum atomic E-state index is -1.28. The molecule has 0 aliphatic rings. The van der Waals surface area contributed by atoms with Crippen LogP contribution in [-0.4, -0.2) is 9.13 Å². The van der Waals surface area contributed by atoms with Gasteiger partial charge >= 0.3 is 0 Å². The maximum absolute atomic E-state index is 12.2. The summed E-state index contributed by atoms with van der Waals surface area (Å²) in [6.07, 6.45) is 0. The van der Waals surface area contributed by atoms with Gasteiger partial charge in [-0.1, -0.05) is 12.1 Å². The molecule has 0 amide bonds. The number of hydrogen-bond acceptors (Lipinski definition) is 4. The minimum absolute atomic E-state index is 0.0307. The number of anilines is 1. The highest BCUT2D eigenvalue weighted by molar-refractivity contribution is 9.10. The van der Waals surface area contributed by atoms with Crippen LogP contribution in [-0.2, 0) is 16.6 Å². The highest BCUT2D eigenvalue weighted by atomic mass is 79.9. The van der Waals surface area contributed by atoms with E-state index in [4.69, 9.17) is 5.73 Å². The van der Waals surface area contributed by atoms with E-state index in [0.717, 1.165) is 0 Å². The normalized spacial score (nSPS) is 12.1. The van der Waals surface area contributed by atoms with Gasteiger partial charge in [-0.15, -0.1) is 0 Å². The van der Waals surface area contributed by atoms with Gasteiger partial charge in [0.15, 0.2) is 0 Å². The van der Waals surface area contributed by atoms with E-state index < -0.39 is 15.7 Å². The van der Waals surface area contributed by atoms with Gasteiger partial charge in [-0.25, -0.2) is 0 Å². The van der Waals surface area contributed by atoms with Crippen LogP contribution in [0.3, 0.4) is 0 Å². The van der Waals surface area contributed by atoms with E-state index in [1.165, 1.54) is 6.07 Å². The van der Waals surface area contributed by atoms with Crippen molar-refractivity contribution in [2.24, 2.45) is 0 Å². The fourth-order valence-corrected chi connectivity index (χ4v) is 3.53. The fourth-order valence-electron chi connectivity index (χ4n) is 1.66. The van der Waals surface area contributed by atoms with Crippen molar-refractivity contribution < 1.29 is 9.13 Å². The zero-order valence-corrected chi connectivity index (χ0v) is 12.7. The second-order valence-corrected chi connectivity index (χ2v) is 6.31. The van der Waals surface area contributed by atoms with Crippen LogP contribution in [0, 0.1) is 10.1 Å². The van der Waals surface area contributed by atoms with Gasteiger partial charge in [-0.3, -0.25) is 14.3 Å². The number of nitrogens with two attached hydrogens (primary N) is 1. The van der Waals surface area contributed by atoms with Crippen molar-refractivity contribution in [2.75, 3.05) is 5.73 Å². The molecule has 104 valence electrons. The van der Waals surface area contributed by atoms with Gasteiger partial charge in [-0.2, -0.15) is 0 Å². The number of nitro benzene ring substituents is 1. The molecule has 0 heterocycles. The number of nitro groups is 1. The Kier molecular flexibility index (Phi) is 4.51. The van der Waals surface area contributed by atoms with E-state index >= 15 is 0 Å². The van der Waals surface area contributed by atoms with E-state index in [1.807, 2.05) is 0 Å². The Labute approximate surface area is 126 Å². The number of benzene rings is 2. The minimum Gasteiger partial charge on any atom is -0.399 e. The third-order valence-electron chi connectivity index (χ3n) is 2.68. The van der Waals surface area contributed by atoms with Crippen LogP contribution < -0.4 is 5.73 Å². The summed E-state index contributed by atoms with van der Waals surface area (Å²) in [7, 11) is -1.28. The maximum Gasteiger partial charge on any atom is 0.283 e. The number of nitrogens with zero attached hydrogens (tertiary/aromatic N) is 1. The molecule has 0 aromatic heterocycles. The summed E-state index contributed by atoms with van der Waals surface area (Å²) >= 11 is 3.20. The molecular formula is C13H11BrN2O3S.